The van der Waals surface area contributed by atoms with Crippen LogP contribution in [0.4, 0.5) is 4.39 Å². The van der Waals surface area contributed by atoms with Crippen LogP contribution in [-0.4, -0.2) is 21.2 Å². The zero-order chi connectivity index (χ0) is 24.7. The van der Waals surface area contributed by atoms with Gasteiger partial charge in [-0.25, -0.2) is 4.39 Å². The molecular weight excluding hydrogens is 435 g/mol. The number of aliphatic carboxylic acids is 1. The largest absolute Gasteiger partial charge is 0.512 e. The highest BCUT2D eigenvalue weighted by atomic mass is 19.1. The Hall–Kier alpha value is -3.97. The first-order chi connectivity index (χ1) is 16.3. The fraction of sp³-hybridized carbons (Fsp3) is 0.185. The van der Waals surface area contributed by atoms with E-state index >= 15 is 0 Å². The average Bonchev–Trinajstić information content (AvgIpc) is 2.83. The molecular formula is C27H27FN2O4. The number of hydrogen-bond donors (Lipinski definition) is 3. The first kappa shape index (κ1) is 24.7. The van der Waals surface area contributed by atoms with E-state index in [0.29, 0.717) is 17.1 Å². The van der Waals surface area contributed by atoms with Gasteiger partial charge in [-0.2, -0.15) is 0 Å². The van der Waals surface area contributed by atoms with Gasteiger partial charge in [-0.15, -0.1) is 0 Å². The van der Waals surface area contributed by atoms with Crippen LogP contribution in [0.2, 0.25) is 0 Å². The van der Waals surface area contributed by atoms with Crippen LogP contribution in [0.1, 0.15) is 37.1 Å². The van der Waals surface area contributed by atoms with E-state index < -0.39 is 11.8 Å². The Labute approximate surface area is 197 Å². The minimum Gasteiger partial charge on any atom is -0.512 e. The van der Waals surface area contributed by atoms with E-state index in [2.05, 4.69) is 4.98 Å². The molecule has 0 saturated carbocycles. The number of aliphatic hydroxyl groups is 1. The first-order valence-electron chi connectivity index (χ1n) is 10.9. The minimum absolute atomic E-state index is 0.0279. The molecule has 0 aliphatic carbocycles. The molecule has 34 heavy (non-hydrogen) atoms. The maximum Gasteiger partial charge on any atom is 0.307 e. The SMILES string of the molecule is CC/C(O)=C(\C=C(/C)Oc1cc(-c2ccccc2)ccc1CC(=O)O)c1ccnc(CN)c1F. The van der Waals surface area contributed by atoms with Gasteiger partial charge in [0.25, 0.3) is 0 Å². The Morgan fingerprint density at radius 2 is 1.85 bits per heavy atom. The minimum atomic E-state index is -0.990. The predicted octanol–water partition coefficient (Wildman–Crippen LogP) is 5.64. The van der Waals surface area contributed by atoms with Crippen molar-refractivity contribution >= 4 is 11.5 Å². The van der Waals surface area contributed by atoms with E-state index in [9.17, 15) is 19.4 Å². The summed E-state index contributed by atoms with van der Waals surface area (Å²) in [4.78, 5) is 15.3. The second-order valence-electron chi connectivity index (χ2n) is 7.65. The maximum absolute atomic E-state index is 14.9. The normalized spacial score (nSPS) is 12.3. The van der Waals surface area contributed by atoms with Crippen LogP contribution in [0.25, 0.3) is 16.7 Å². The van der Waals surface area contributed by atoms with Crippen LogP contribution in [0, 0.1) is 5.82 Å². The lowest BCUT2D eigenvalue weighted by Crippen LogP contribution is -2.06. The number of carbonyl (C=O) groups is 1. The van der Waals surface area contributed by atoms with Crippen LogP contribution in [0.5, 0.6) is 5.75 Å². The molecule has 7 heteroatoms. The van der Waals surface area contributed by atoms with Gasteiger partial charge in [0.2, 0.25) is 0 Å². The van der Waals surface area contributed by atoms with E-state index in [4.69, 9.17) is 10.5 Å². The van der Waals surface area contributed by atoms with Gasteiger partial charge in [-0.05, 0) is 36.3 Å². The summed E-state index contributed by atoms with van der Waals surface area (Å²) in [5.74, 6) is -0.916. The highest BCUT2D eigenvalue weighted by Gasteiger charge is 2.16. The van der Waals surface area contributed by atoms with Crippen LogP contribution in [0.3, 0.4) is 0 Å². The predicted molar refractivity (Wildman–Crippen MR) is 130 cm³/mol. The zero-order valence-corrected chi connectivity index (χ0v) is 19.1. The fourth-order valence-corrected chi connectivity index (χ4v) is 3.52. The van der Waals surface area contributed by atoms with Crippen molar-refractivity contribution in [1.82, 2.24) is 4.98 Å². The molecule has 0 fully saturated rings. The summed E-state index contributed by atoms with van der Waals surface area (Å²) >= 11 is 0. The van der Waals surface area contributed by atoms with Crippen molar-refractivity contribution in [3.05, 3.63) is 101 Å². The molecule has 0 saturated heterocycles. The number of nitrogens with zero attached hydrogens (tertiary/aromatic N) is 1. The zero-order valence-electron chi connectivity index (χ0n) is 19.1. The summed E-state index contributed by atoms with van der Waals surface area (Å²) in [6.07, 6.45) is 3.01. The molecule has 0 aliphatic rings. The molecule has 0 spiro atoms. The van der Waals surface area contributed by atoms with Crippen molar-refractivity contribution in [2.45, 2.75) is 33.2 Å². The summed E-state index contributed by atoms with van der Waals surface area (Å²) in [6, 6.07) is 16.4. The average molecular weight is 463 g/mol. The summed E-state index contributed by atoms with van der Waals surface area (Å²) in [5, 5.41) is 19.8. The number of carboxylic acids is 1. The molecule has 176 valence electrons. The number of hydrogen-bond acceptors (Lipinski definition) is 5. The van der Waals surface area contributed by atoms with Gasteiger partial charge in [-0.3, -0.25) is 9.78 Å². The van der Waals surface area contributed by atoms with Crippen LogP contribution in [-0.2, 0) is 17.8 Å². The summed E-state index contributed by atoms with van der Waals surface area (Å²) in [7, 11) is 0. The molecule has 3 aromatic rings. The molecule has 1 aromatic heterocycles. The number of benzene rings is 2. The third-order valence-corrected chi connectivity index (χ3v) is 5.23. The summed E-state index contributed by atoms with van der Waals surface area (Å²) in [6.45, 7) is 3.33. The van der Waals surface area contributed by atoms with E-state index in [1.165, 1.54) is 18.3 Å². The number of ether oxygens (including phenoxy) is 1. The lowest BCUT2D eigenvalue weighted by atomic mass is 10.0. The molecule has 0 bridgehead atoms. The number of nitrogens with two attached hydrogens (primary N) is 1. The first-order valence-corrected chi connectivity index (χ1v) is 10.9. The third kappa shape index (κ3) is 5.88. The van der Waals surface area contributed by atoms with E-state index in [1.54, 1.807) is 26.0 Å². The number of carboxylic acid groups (broad SMARTS) is 1. The Bertz CT molecular complexity index is 1240. The van der Waals surface area contributed by atoms with Gasteiger partial charge < -0.3 is 20.7 Å². The van der Waals surface area contributed by atoms with Crippen LogP contribution < -0.4 is 10.5 Å². The van der Waals surface area contributed by atoms with Crippen molar-refractivity contribution < 1.29 is 24.1 Å². The van der Waals surface area contributed by atoms with Gasteiger partial charge in [0.05, 0.1) is 17.9 Å². The molecule has 1 heterocycles. The number of aliphatic hydroxyl groups excluding tert-OH is 1. The van der Waals surface area contributed by atoms with Gasteiger partial charge in [0, 0.05) is 35.9 Å². The molecule has 0 aliphatic heterocycles. The quantitative estimate of drug-likeness (QED) is 0.281. The van der Waals surface area contributed by atoms with Gasteiger partial charge in [0.15, 0.2) is 5.82 Å². The smallest absolute Gasteiger partial charge is 0.307 e. The maximum atomic E-state index is 14.9. The second-order valence-corrected chi connectivity index (χ2v) is 7.65. The standard InChI is InChI=1S/C27H27FN2O4/c1-3-24(31)22(21-11-12-30-23(16-29)27(21)28)13-17(2)34-25-14-19(18-7-5-4-6-8-18)9-10-20(25)15-26(32)33/h4-14,31H,3,15-16,29H2,1-2H3,(H,32,33)/b17-13+,24-22-. The number of rotatable bonds is 9. The van der Waals surface area contributed by atoms with E-state index in [0.717, 1.165) is 11.1 Å². The molecule has 0 amide bonds. The van der Waals surface area contributed by atoms with Gasteiger partial charge >= 0.3 is 5.97 Å². The Morgan fingerprint density at radius 1 is 1.12 bits per heavy atom. The number of allylic oxidation sites excluding steroid dienone is 4. The van der Waals surface area contributed by atoms with Crippen molar-refractivity contribution in [1.29, 1.82) is 0 Å². The van der Waals surface area contributed by atoms with Crippen molar-refractivity contribution in [2.24, 2.45) is 5.73 Å². The topological polar surface area (TPSA) is 106 Å². The lowest BCUT2D eigenvalue weighted by molar-refractivity contribution is -0.136. The third-order valence-electron chi connectivity index (χ3n) is 5.23. The van der Waals surface area contributed by atoms with E-state index in [1.807, 2.05) is 36.4 Å². The molecule has 3 rings (SSSR count). The van der Waals surface area contributed by atoms with Crippen LogP contribution >= 0.6 is 0 Å². The van der Waals surface area contributed by atoms with Crippen molar-refractivity contribution in [2.75, 3.05) is 0 Å². The Kier molecular flexibility index (Phi) is 8.16. The van der Waals surface area contributed by atoms with Crippen molar-refractivity contribution in [3.63, 3.8) is 0 Å². The lowest BCUT2D eigenvalue weighted by Gasteiger charge is -2.15. The number of aromatic nitrogens is 1. The van der Waals surface area contributed by atoms with Gasteiger partial charge in [-0.1, -0.05) is 49.4 Å². The highest BCUT2D eigenvalue weighted by Crippen LogP contribution is 2.31. The van der Waals surface area contributed by atoms with Crippen LogP contribution in [0.15, 0.2) is 78.4 Å². The van der Waals surface area contributed by atoms with Gasteiger partial charge in [0.1, 0.15) is 11.5 Å². The monoisotopic (exact) mass is 462 g/mol. The summed E-state index contributed by atoms with van der Waals surface area (Å²) < 4.78 is 21.0. The molecule has 0 radical (unpaired) electrons. The molecule has 6 nitrogen and oxygen atoms in total. The number of pyridine rings is 1. The Morgan fingerprint density at radius 3 is 2.50 bits per heavy atom. The van der Waals surface area contributed by atoms with E-state index in [-0.39, 0.29) is 42.0 Å². The van der Waals surface area contributed by atoms with Crippen molar-refractivity contribution in [3.8, 4) is 16.9 Å². The molecule has 2 aromatic carbocycles. The highest BCUT2D eigenvalue weighted by molar-refractivity contribution is 5.77. The summed E-state index contributed by atoms with van der Waals surface area (Å²) in [5.41, 5.74) is 8.37. The fourth-order valence-electron chi connectivity index (χ4n) is 3.52. The molecule has 4 N–H and O–H groups in total. The number of halogens is 1. The molecule has 0 atom stereocenters. The molecule has 0 unspecified atom stereocenters. The second kappa shape index (κ2) is 11.2. The Balaban J connectivity index is 2.04.